The fourth-order valence-corrected chi connectivity index (χ4v) is 4.36. The van der Waals surface area contributed by atoms with Gasteiger partial charge in [-0.2, -0.15) is 13.2 Å². The summed E-state index contributed by atoms with van der Waals surface area (Å²) in [6.45, 7) is 0. The monoisotopic (exact) mass is 455 g/mol. The maximum absolute atomic E-state index is 12.8. The summed E-state index contributed by atoms with van der Waals surface area (Å²) in [5.41, 5.74) is 0.105. The van der Waals surface area contributed by atoms with Gasteiger partial charge in [0.15, 0.2) is 0 Å². The Balaban J connectivity index is 2.01. The van der Waals surface area contributed by atoms with Gasteiger partial charge in [0.25, 0.3) is 0 Å². The van der Waals surface area contributed by atoms with Crippen LogP contribution in [-0.4, -0.2) is 32.5 Å². The van der Waals surface area contributed by atoms with Crippen LogP contribution in [0.1, 0.15) is 5.56 Å². The first-order chi connectivity index (χ1) is 14.2. The second-order valence-electron chi connectivity index (χ2n) is 5.91. The Morgan fingerprint density at radius 1 is 1.03 bits per heavy atom. The van der Waals surface area contributed by atoms with E-state index in [9.17, 15) is 21.6 Å². The third-order valence-corrected chi connectivity index (χ3v) is 6.49. The third-order valence-electron chi connectivity index (χ3n) is 4.06. The van der Waals surface area contributed by atoms with Gasteiger partial charge in [-0.25, -0.2) is 18.1 Å². The number of sulfonamides is 1. The fraction of sp³-hybridized carbons (Fsp3) is 0.158. The highest BCUT2D eigenvalue weighted by molar-refractivity contribution is 7.99. The molecule has 158 valence electrons. The van der Waals surface area contributed by atoms with Gasteiger partial charge in [0.05, 0.1) is 12.7 Å². The van der Waals surface area contributed by atoms with Gasteiger partial charge >= 0.3 is 6.18 Å². The van der Waals surface area contributed by atoms with Gasteiger partial charge in [-0.05, 0) is 49.5 Å². The van der Waals surface area contributed by atoms with Gasteiger partial charge < -0.3 is 4.74 Å². The highest BCUT2D eigenvalue weighted by Gasteiger charge is 2.30. The highest BCUT2D eigenvalue weighted by Crippen LogP contribution is 2.37. The molecular weight excluding hydrogens is 439 g/mol. The molecule has 0 saturated carbocycles. The summed E-state index contributed by atoms with van der Waals surface area (Å²) in [5, 5.41) is 0.412. The molecule has 0 atom stereocenters. The number of alkyl halides is 3. The molecular formula is C19H16F3N3O3S2. The molecule has 0 radical (unpaired) electrons. The number of hydrogen-bond acceptors (Lipinski definition) is 6. The quantitative estimate of drug-likeness (QED) is 0.599. The molecule has 0 bridgehead atoms. The molecule has 0 fully saturated rings. The summed E-state index contributed by atoms with van der Waals surface area (Å²) < 4.78 is 70.3. The lowest BCUT2D eigenvalue weighted by Gasteiger charge is -2.12. The van der Waals surface area contributed by atoms with Gasteiger partial charge in [-0.1, -0.05) is 11.8 Å². The number of rotatable bonds is 6. The van der Waals surface area contributed by atoms with E-state index in [0.29, 0.717) is 21.2 Å². The van der Waals surface area contributed by atoms with Crippen molar-refractivity contribution in [1.29, 1.82) is 0 Å². The molecule has 0 unspecified atom stereocenters. The first kappa shape index (κ1) is 22.1. The van der Waals surface area contributed by atoms with Crippen molar-refractivity contribution in [3.05, 3.63) is 60.4 Å². The number of nitrogens with zero attached hydrogens (tertiary/aromatic N) is 2. The number of methoxy groups -OCH3 is 1. The SMILES string of the molecule is CNS(=O)(=O)c1cc(-c2nccnc2Sc2ccc(C(F)(F)F)cc2)ccc1OC. The summed E-state index contributed by atoms with van der Waals surface area (Å²) in [5.74, 6) is 0.161. The van der Waals surface area contributed by atoms with Crippen LogP contribution in [0.5, 0.6) is 5.75 Å². The fourth-order valence-electron chi connectivity index (χ4n) is 2.57. The van der Waals surface area contributed by atoms with Crippen molar-refractivity contribution < 1.29 is 26.3 Å². The van der Waals surface area contributed by atoms with E-state index >= 15 is 0 Å². The highest BCUT2D eigenvalue weighted by atomic mass is 32.2. The zero-order valence-corrected chi connectivity index (χ0v) is 17.4. The van der Waals surface area contributed by atoms with Crippen molar-refractivity contribution in [2.45, 2.75) is 21.0 Å². The Labute approximate surface area is 175 Å². The standard InChI is InChI=1S/C19H16F3N3O3S2/c1-23-30(26,27)16-11-12(3-8-15(16)28-2)17-18(25-10-9-24-17)29-14-6-4-13(5-7-14)19(20,21)22/h3-11,23H,1-2H3. The van der Waals surface area contributed by atoms with E-state index in [1.165, 1.54) is 50.8 Å². The summed E-state index contributed by atoms with van der Waals surface area (Å²) in [4.78, 5) is 9.01. The van der Waals surface area contributed by atoms with Gasteiger partial charge in [-0.15, -0.1) is 0 Å². The molecule has 6 nitrogen and oxygen atoms in total. The van der Waals surface area contributed by atoms with Gasteiger partial charge in [0.1, 0.15) is 21.4 Å². The van der Waals surface area contributed by atoms with Crippen molar-refractivity contribution in [2.75, 3.05) is 14.2 Å². The molecule has 3 aromatic rings. The second kappa shape index (κ2) is 8.62. The first-order valence-corrected chi connectivity index (χ1v) is 10.7. The van der Waals surface area contributed by atoms with Crippen LogP contribution >= 0.6 is 11.8 Å². The molecule has 30 heavy (non-hydrogen) atoms. The predicted octanol–water partition coefficient (Wildman–Crippen LogP) is 4.23. The van der Waals surface area contributed by atoms with Crippen LogP contribution in [0.3, 0.4) is 0 Å². The van der Waals surface area contributed by atoms with Crippen molar-refractivity contribution in [2.24, 2.45) is 0 Å². The molecule has 1 N–H and O–H groups in total. The smallest absolute Gasteiger partial charge is 0.416 e. The normalized spacial score (nSPS) is 12.0. The largest absolute Gasteiger partial charge is 0.495 e. The van der Waals surface area contributed by atoms with Crippen molar-refractivity contribution in [1.82, 2.24) is 14.7 Å². The molecule has 0 aliphatic rings. The molecule has 2 aromatic carbocycles. The minimum absolute atomic E-state index is 0.0684. The first-order valence-electron chi connectivity index (χ1n) is 8.44. The van der Waals surface area contributed by atoms with Crippen molar-refractivity contribution in [3.8, 4) is 17.0 Å². The third kappa shape index (κ3) is 4.74. The minimum atomic E-state index is -4.42. The molecule has 0 aliphatic heterocycles. The van der Waals surface area contributed by atoms with E-state index < -0.39 is 21.8 Å². The van der Waals surface area contributed by atoms with Crippen molar-refractivity contribution in [3.63, 3.8) is 0 Å². The van der Waals surface area contributed by atoms with Crippen LogP contribution in [0.15, 0.2) is 69.7 Å². The van der Waals surface area contributed by atoms with E-state index in [4.69, 9.17) is 4.74 Å². The topological polar surface area (TPSA) is 81.2 Å². The number of ether oxygens (including phenoxy) is 1. The number of halogens is 3. The lowest BCUT2D eigenvalue weighted by atomic mass is 10.1. The lowest BCUT2D eigenvalue weighted by molar-refractivity contribution is -0.137. The average Bonchev–Trinajstić information content (AvgIpc) is 2.73. The summed E-state index contributed by atoms with van der Waals surface area (Å²) in [6, 6.07) is 9.21. The van der Waals surface area contributed by atoms with Crippen LogP contribution in [0.25, 0.3) is 11.3 Å². The zero-order valence-electron chi connectivity index (χ0n) is 15.8. The molecule has 1 aromatic heterocycles. The maximum atomic E-state index is 12.8. The van der Waals surface area contributed by atoms with Crippen LogP contribution < -0.4 is 9.46 Å². The molecule has 11 heteroatoms. The van der Waals surface area contributed by atoms with Gasteiger partial charge in [0, 0.05) is 22.9 Å². The number of benzene rings is 2. The van der Waals surface area contributed by atoms with Gasteiger partial charge in [0.2, 0.25) is 10.0 Å². The zero-order chi connectivity index (χ0) is 21.9. The molecule has 0 spiro atoms. The molecule has 0 saturated heterocycles. The number of aromatic nitrogens is 2. The Morgan fingerprint density at radius 2 is 1.70 bits per heavy atom. The van der Waals surface area contributed by atoms with E-state index in [-0.39, 0.29) is 10.6 Å². The molecule has 0 aliphatic carbocycles. The van der Waals surface area contributed by atoms with E-state index in [0.717, 1.165) is 23.9 Å². The van der Waals surface area contributed by atoms with E-state index in [2.05, 4.69) is 14.7 Å². The minimum Gasteiger partial charge on any atom is -0.495 e. The van der Waals surface area contributed by atoms with E-state index in [1.807, 2.05) is 0 Å². The maximum Gasteiger partial charge on any atom is 0.416 e. The van der Waals surface area contributed by atoms with E-state index in [1.54, 1.807) is 6.07 Å². The van der Waals surface area contributed by atoms with Gasteiger partial charge in [-0.3, -0.25) is 4.98 Å². The Hall–Kier alpha value is -2.63. The summed E-state index contributed by atoms with van der Waals surface area (Å²) >= 11 is 1.12. The predicted molar refractivity (Wildman–Crippen MR) is 106 cm³/mol. The Kier molecular flexibility index (Phi) is 6.34. The second-order valence-corrected chi connectivity index (χ2v) is 8.82. The number of nitrogens with one attached hydrogen (secondary N) is 1. The molecule has 0 amide bonds. The van der Waals surface area contributed by atoms with Crippen molar-refractivity contribution >= 4 is 21.8 Å². The lowest BCUT2D eigenvalue weighted by Crippen LogP contribution is -2.19. The Bertz CT molecular complexity index is 1150. The molecule has 1 heterocycles. The number of hydrogen-bond donors (Lipinski definition) is 1. The molecule has 3 rings (SSSR count). The van der Waals surface area contributed by atoms with Crippen LogP contribution in [0, 0.1) is 0 Å². The summed E-state index contributed by atoms with van der Waals surface area (Å²) in [6.07, 6.45) is -1.52. The Morgan fingerprint density at radius 3 is 2.30 bits per heavy atom. The van der Waals surface area contributed by atoms with Crippen LogP contribution in [0.4, 0.5) is 13.2 Å². The van der Waals surface area contributed by atoms with Crippen LogP contribution in [0.2, 0.25) is 0 Å². The average molecular weight is 455 g/mol. The summed E-state index contributed by atoms with van der Waals surface area (Å²) in [7, 11) is -1.15. The van der Waals surface area contributed by atoms with Crippen LogP contribution in [-0.2, 0) is 16.2 Å².